The van der Waals surface area contributed by atoms with Gasteiger partial charge in [-0.05, 0) is 37.6 Å². The molecule has 2 atom stereocenters. The molecule has 1 unspecified atom stereocenters. The number of carbonyl (C=O) groups is 3. The first-order valence-electron chi connectivity index (χ1n) is 10.3. The lowest BCUT2D eigenvalue weighted by atomic mass is 10.0. The van der Waals surface area contributed by atoms with Crippen molar-refractivity contribution in [2.24, 2.45) is 4.99 Å². The lowest BCUT2D eigenvalue weighted by molar-refractivity contribution is -0.137. The van der Waals surface area contributed by atoms with Crippen LogP contribution in [0.3, 0.4) is 0 Å². The smallest absolute Gasteiger partial charge is 0.342 e. The molecule has 1 aromatic heterocycles. The van der Waals surface area contributed by atoms with Crippen molar-refractivity contribution in [1.29, 1.82) is 0 Å². The Morgan fingerprint density at radius 2 is 1.91 bits per heavy atom. The second-order valence-electron chi connectivity index (χ2n) is 7.64. The lowest BCUT2D eigenvalue weighted by Crippen LogP contribution is -2.38. The van der Waals surface area contributed by atoms with Crippen LogP contribution in [0.15, 0.2) is 35.6 Å². The Kier molecular flexibility index (Phi) is 6.55. The molecule has 1 aromatic carbocycles. The number of rotatable bonds is 5. The number of carbonyl (C=O) groups excluding carboxylic acids is 3. The fraction of sp³-hybridized carbons (Fsp3) is 0.333. The predicted molar refractivity (Wildman–Crippen MR) is 120 cm³/mol. The molecular weight excluding hydrogens is 473 g/mol. The summed E-state index contributed by atoms with van der Waals surface area (Å²) in [7, 11) is 0. The molecule has 3 heterocycles. The predicted octanol–water partition coefficient (Wildman–Crippen LogP) is 2.65. The van der Waals surface area contributed by atoms with Gasteiger partial charge < -0.3 is 16.0 Å². The fourth-order valence-electron chi connectivity index (χ4n) is 3.45. The van der Waals surface area contributed by atoms with Gasteiger partial charge in [0.1, 0.15) is 23.1 Å². The molecule has 13 heteroatoms. The van der Waals surface area contributed by atoms with E-state index in [0.717, 1.165) is 12.1 Å². The Morgan fingerprint density at radius 1 is 1.18 bits per heavy atom. The number of aromatic nitrogens is 2. The van der Waals surface area contributed by atoms with E-state index in [1.165, 1.54) is 30.2 Å². The van der Waals surface area contributed by atoms with Gasteiger partial charge in [0.15, 0.2) is 0 Å². The average molecular weight is 492 g/mol. The number of hydrogen-bond donors (Lipinski definition) is 3. The highest BCUT2D eigenvalue weighted by Crippen LogP contribution is 2.30. The van der Waals surface area contributed by atoms with E-state index >= 15 is 0 Å². The molecule has 0 spiro atoms. The normalized spacial score (nSPS) is 18.4. The van der Waals surface area contributed by atoms with Crippen molar-refractivity contribution < 1.29 is 27.6 Å². The Labute approximate surface area is 196 Å². The second-order valence-corrected chi connectivity index (χ2v) is 8.87. The number of benzene rings is 1. The lowest BCUT2D eigenvalue weighted by Gasteiger charge is -2.19. The van der Waals surface area contributed by atoms with Crippen molar-refractivity contribution in [3.8, 4) is 0 Å². The van der Waals surface area contributed by atoms with Crippen LogP contribution < -0.4 is 16.0 Å². The molecule has 2 aliphatic rings. The largest absolute Gasteiger partial charge is 0.416 e. The number of amides is 3. The van der Waals surface area contributed by atoms with Gasteiger partial charge in [-0.1, -0.05) is 11.8 Å². The number of nitrogens with one attached hydrogen (secondary N) is 3. The van der Waals surface area contributed by atoms with Crippen LogP contribution in [0, 0.1) is 0 Å². The molecular formula is C21H19F3N6O3S. The first-order chi connectivity index (χ1) is 16.1. The quantitative estimate of drug-likeness (QED) is 0.589. The van der Waals surface area contributed by atoms with Crippen LogP contribution in [0.25, 0.3) is 0 Å². The van der Waals surface area contributed by atoms with Crippen molar-refractivity contribution in [1.82, 2.24) is 15.3 Å². The molecule has 0 aliphatic carbocycles. The molecule has 4 rings (SSSR count). The minimum atomic E-state index is -4.45. The summed E-state index contributed by atoms with van der Waals surface area (Å²) >= 11 is 1.17. The minimum absolute atomic E-state index is 0.164. The molecule has 2 aromatic rings. The Morgan fingerprint density at radius 3 is 2.62 bits per heavy atom. The van der Waals surface area contributed by atoms with E-state index in [-0.39, 0.29) is 30.3 Å². The highest BCUT2D eigenvalue weighted by molar-refractivity contribution is 8.15. The maximum Gasteiger partial charge on any atom is 0.416 e. The molecule has 0 bridgehead atoms. The number of thioether (sulfide) groups is 1. The molecule has 2 aliphatic heterocycles. The minimum Gasteiger partial charge on any atom is -0.342 e. The van der Waals surface area contributed by atoms with Crippen LogP contribution in [-0.4, -0.2) is 50.6 Å². The summed E-state index contributed by atoms with van der Waals surface area (Å²) in [6, 6.07) is 3.67. The third-order valence-electron chi connectivity index (χ3n) is 5.19. The van der Waals surface area contributed by atoms with E-state index in [1.807, 2.05) is 0 Å². The molecule has 0 saturated carbocycles. The number of anilines is 2. The zero-order valence-corrected chi connectivity index (χ0v) is 18.6. The molecule has 178 valence electrons. The van der Waals surface area contributed by atoms with Crippen LogP contribution in [0.4, 0.5) is 24.7 Å². The molecule has 0 radical (unpaired) electrons. The second kappa shape index (κ2) is 9.41. The van der Waals surface area contributed by atoms with Gasteiger partial charge in [-0.25, -0.2) is 9.97 Å². The highest BCUT2D eigenvalue weighted by atomic mass is 32.2. The molecule has 0 saturated heterocycles. The summed E-state index contributed by atoms with van der Waals surface area (Å²) in [5.41, 5.74) is 0.163. The van der Waals surface area contributed by atoms with E-state index in [1.54, 1.807) is 6.92 Å². The van der Waals surface area contributed by atoms with Gasteiger partial charge in [0.2, 0.25) is 11.8 Å². The molecule has 0 fully saturated rings. The van der Waals surface area contributed by atoms with Gasteiger partial charge in [-0.2, -0.15) is 13.2 Å². The zero-order chi connectivity index (χ0) is 24.5. The van der Waals surface area contributed by atoms with Crippen molar-refractivity contribution in [2.75, 3.05) is 17.2 Å². The zero-order valence-electron chi connectivity index (χ0n) is 17.8. The van der Waals surface area contributed by atoms with Crippen molar-refractivity contribution in [3.63, 3.8) is 0 Å². The first kappa shape index (κ1) is 23.7. The van der Waals surface area contributed by atoms with Gasteiger partial charge in [-0.3, -0.25) is 19.4 Å². The topological polar surface area (TPSA) is 125 Å². The van der Waals surface area contributed by atoms with E-state index in [0.29, 0.717) is 22.8 Å². The van der Waals surface area contributed by atoms with E-state index < -0.39 is 34.8 Å². The summed E-state index contributed by atoms with van der Waals surface area (Å²) in [6.07, 6.45) is -2.67. The summed E-state index contributed by atoms with van der Waals surface area (Å²) < 4.78 is 38.1. The number of hydrogen-bond acceptors (Lipinski definition) is 7. The fourth-order valence-corrected chi connectivity index (χ4v) is 4.46. The number of alkyl halides is 3. The Hall–Kier alpha value is -3.48. The summed E-state index contributed by atoms with van der Waals surface area (Å²) in [5, 5.41) is 7.95. The van der Waals surface area contributed by atoms with Gasteiger partial charge in [0.25, 0.3) is 5.91 Å². The maximum absolute atomic E-state index is 12.8. The SMILES string of the molecule is C[C@@H](NC(=O)c1ncnc2c1CCC(=O)N2)C1=NCC(C(=O)Nc2ccc(C(F)(F)F)cc2)S1. The maximum atomic E-state index is 12.8. The number of nitrogens with zero attached hydrogens (tertiary/aromatic N) is 3. The Bertz CT molecular complexity index is 1170. The standard InChI is InChI=1S/C21H19F3N6O3S/c1-10(28-19(33)16-13-6-7-15(31)30-17(13)27-9-26-16)20-25-8-14(34-20)18(32)29-12-4-2-11(3-5-12)21(22,23)24/h2-5,9-10,14H,6-8H2,1H3,(H,28,33)(H,29,32)(H,26,27,30,31)/t10-,14?/m1/s1. The monoisotopic (exact) mass is 492 g/mol. The molecule has 9 nitrogen and oxygen atoms in total. The Balaban J connectivity index is 1.33. The highest BCUT2D eigenvalue weighted by Gasteiger charge is 2.32. The first-order valence-corrected chi connectivity index (χ1v) is 11.1. The molecule has 3 amide bonds. The number of halogens is 3. The van der Waals surface area contributed by atoms with E-state index in [2.05, 4.69) is 30.9 Å². The number of aliphatic imine (C=N–C) groups is 1. The summed E-state index contributed by atoms with van der Waals surface area (Å²) in [5.74, 6) is -0.717. The van der Waals surface area contributed by atoms with Gasteiger partial charge in [0, 0.05) is 17.7 Å². The number of fused-ring (bicyclic) bond motifs is 1. The van der Waals surface area contributed by atoms with Crippen LogP contribution in [0.5, 0.6) is 0 Å². The van der Waals surface area contributed by atoms with E-state index in [9.17, 15) is 27.6 Å². The summed E-state index contributed by atoms with van der Waals surface area (Å²) in [4.78, 5) is 49.2. The van der Waals surface area contributed by atoms with Crippen LogP contribution >= 0.6 is 11.8 Å². The molecule has 3 N–H and O–H groups in total. The van der Waals surface area contributed by atoms with Crippen LogP contribution in [-0.2, 0) is 22.2 Å². The third-order valence-corrected chi connectivity index (χ3v) is 6.56. The average Bonchev–Trinajstić information content (AvgIpc) is 3.29. The third kappa shape index (κ3) is 5.19. The van der Waals surface area contributed by atoms with Crippen molar-refractivity contribution in [2.45, 2.75) is 37.2 Å². The molecule has 34 heavy (non-hydrogen) atoms. The van der Waals surface area contributed by atoms with Gasteiger partial charge >= 0.3 is 6.18 Å². The summed E-state index contributed by atoms with van der Waals surface area (Å²) in [6.45, 7) is 1.89. The van der Waals surface area contributed by atoms with Crippen molar-refractivity contribution in [3.05, 3.63) is 47.4 Å². The van der Waals surface area contributed by atoms with Crippen molar-refractivity contribution >= 4 is 46.0 Å². The van der Waals surface area contributed by atoms with Crippen LogP contribution in [0.2, 0.25) is 0 Å². The van der Waals surface area contributed by atoms with E-state index in [4.69, 9.17) is 0 Å². The van der Waals surface area contributed by atoms with Crippen LogP contribution in [0.1, 0.15) is 35.0 Å². The van der Waals surface area contributed by atoms with Gasteiger partial charge in [0.05, 0.1) is 23.2 Å². The van der Waals surface area contributed by atoms with Gasteiger partial charge in [-0.15, -0.1) is 0 Å².